The molecule has 1 aliphatic carbocycles. The Bertz CT molecular complexity index is 643. The predicted molar refractivity (Wildman–Crippen MR) is 126 cm³/mol. The van der Waals surface area contributed by atoms with E-state index in [1.54, 1.807) is 12.0 Å². The molecule has 1 aromatic rings. The van der Waals surface area contributed by atoms with E-state index in [1.165, 1.54) is 5.56 Å². The maximum absolute atomic E-state index is 12.7. The lowest BCUT2D eigenvalue weighted by Crippen LogP contribution is -2.43. The Morgan fingerprint density at radius 1 is 1.21 bits per heavy atom. The fourth-order valence-electron chi connectivity index (χ4n) is 3.76. The Balaban J connectivity index is 0.00000392. The summed E-state index contributed by atoms with van der Waals surface area (Å²) in [5.41, 5.74) is 0.826. The van der Waals surface area contributed by atoms with E-state index in [0.29, 0.717) is 6.54 Å². The van der Waals surface area contributed by atoms with E-state index in [4.69, 9.17) is 9.73 Å². The lowest BCUT2D eigenvalue weighted by molar-refractivity contribution is -0.138. The number of halogens is 1. The molecule has 1 aliphatic rings. The molecule has 7 heteroatoms. The van der Waals surface area contributed by atoms with Crippen LogP contribution in [0, 0.1) is 5.41 Å². The largest absolute Gasteiger partial charge is 0.496 e. The first-order valence-corrected chi connectivity index (χ1v) is 9.88. The number of hydrogen-bond acceptors (Lipinski definition) is 3. The van der Waals surface area contributed by atoms with Gasteiger partial charge in [-0.25, -0.2) is 0 Å². The van der Waals surface area contributed by atoms with E-state index < -0.39 is 0 Å². The molecule has 0 saturated heterocycles. The highest BCUT2D eigenvalue weighted by Gasteiger charge is 2.42. The third-order valence-corrected chi connectivity index (χ3v) is 5.18. The van der Waals surface area contributed by atoms with Crippen LogP contribution in [-0.4, -0.2) is 57.6 Å². The van der Waals surface area contributed by atoms with Gasteiger partial charge in [-0.2, -0.15) is 0 Å². The number of ether oxygens (including phenoxy) is 1. The van der Waals surface area contributed by atoms with Crippen molar-refractivity contribution in [1.82, 2.24) is 15.5 Å². The second-order valence-corrected chi connectivity index (χ2v) is 7.37. The predicted octanol–water partition coefficient (Wildman–Crippen LogP) is 3.06. The normalized spacial score (nSPS) is 15.5. The van der Waals surface area contributed by atoms with Crippen LogP contribution in [0.1, 0.15) is 38.2 Å². The molecule has 0 bridgehead atoms. The molecule has 28 heavy (non-hydrogen) atoms. The van der Waals surface area contributed by atoms with E-state index >= 15 is 0 Å². The van der Waals surface area contributed by atoms with Crippen LogP contribution in [0.25, 0.3) is 0 Å². The molecular weight excluding hydrogens is 467 g/mol. The zero-order chi connectivity index (χ0) is 19.7. The standard InChI is InChI=1S/C21H34N4O2.HI/c1-5-22-20(23-15-12-17-10-6-7-11-18(17)27-4)24-16-21(13-8-9-14-21)19(26)25(2)3;/h6-7,10-11H,5,8-9,12-16H2,1-4H3,(H2,22,23,24);1H. The van der Waals surface area contributed by atoms with Gasteiger partial charge in [-0.1, -0.05) is 31.0 Å². The van der Waals surface area contributed by atoms with E-state index in [1.807, 2.05) is 39.2 Å². The Hall–Kier alpha value is -1.51. The zero-order valence-electron chi connectivity index (χ0n) is 17.6. The maximum Gasteiger partial charge on any atom is 0.230 e. The summed E-state index contributed by atoms with van der Waals surface area (Å²) in [6.45, 7) is 4.12. The van der Waals surface area contributed by atoms with Gasteiger partial charge in [-0.15, -0.1) is 24.0 Å². The summed E-state index contributed by atoms with van der Waals surface area (Å²) < 4.78 is 5.41. The molecule has 0 spiro atoms. The monoisotopic (exact) mass is 502 g/mol. The fourth-order valence-corrected chi connectivity index (χ4v) is 3.76. The molecule has 1 amide bonds. The summed E-state index contributed by atoms with van der Waals surface area (Å²) in [4.78, 5) is 19.2. The number of hydrogen-bond donors (Lipinski definition) is 2. The quantitative estimate of drug-likeness (QED) is 0.326. The van der Waals surface area contributed by atoms with Crippen LogP contribution in [-0.2, 0) is 11.2 Å². The van der Waals surface area contributed by atoms with Gasteiger partial charge < -0.3 is 20.3 Å². The fraction of sp³-hybridized carbons (Fsp3) is 0.619. The second kappa shape index (κ2) is 12.1. The third-order valence-electron chi connectivity index (χ3n) is 5.18. The van der Waals surface area contributed by atoms with Crippen LogP contribution < -0.4 is 15.4 Å². The number of aliphatic imine (C=N–C) groups is 1. The molecule has 0 heterocycles. The minimum absolute atomic E-state index is 0. The molecule has 0 unspecified atom stereocenters. The Morgan fingerprint density at radius 2 is 1.89 bits per heavy atom. The molecule has 1 aromatic carbocycles. The SMILES string of the molecule is CCNC(=NCC1(C(=O)N(C)C)CCCC1)NCCc1ccccc1OC.I. The van der Waals surface area contributed by atoms with Gasteiger partial charge in [0.2, 0.25) is 5.91 Å². The van der Waals surface area contributed by atoms with Crippen molar-refractivity contribution in [2.45, 2.75) is 39.0 Å². The van der Waals surface area contributed by atoms with Gasteiger partial charge in [0.15, 0.2) is 5.96 Å². The number of nitrogens with one attached hydrogen (secondary N) is 2. The summed E-state index contributed by atoms with van der Waals surface area (Å²) in [5.74, 6) is 1.88. The first-order chi connectivity index (χ1) is 13.0. The third kappa shape index (κ3) is 6.53. The summed E-state index contributed by atoms with van der Waals surface area (Å²) in [6, 6.07) is 8.05. The Labute approximate surface area is 186 Å². The molecule has 1 saturated carbocycles. The van der Waals surface area contributed by atoms with Crippen LogP contribution in [0.2, 0.25) is 0 Å². The Kier molecular flexibility index (Phi) is 10.6. The number of benzene rings is 1. The average Bonchev–Trinajstić information content (AvgIpc) is 3.15. The van der Waals surface area contributed by atoms with Gasteiger partial charge in [0.25, 0.3) is 0 Å². The van der Waals surface area contributed by atoms with Gasteiger partial charge in [0.05, 0.1) is 19.1 Å². The van der Waals surface area contributed by atoms with Crippen molar-refractivity contribution < 1.29 is 9.53 Å². The lowest BCUT2D eigenvalue weighted by atomic mass is 9.85. The molecule has 1 fully saturated rings. The summed E-state index contributed by atoms with van der Waals surface area (Å²) >= 11 is 0. The van der Waals surface area contributed by atoms with Gasteiger partial charge in [-0.3, -0.25) is 9.79 Å². The van der Waals surface area contributed by atoms with Crippen molar-refractivity contribution in [2.24, 2.45) is 10.4 Å². The number of para-hydroxylation sites is 1. The zero-order valence-corrected chi connectivity index (χ0v) is 19.9. The summed E-state index contributed by atoms with van der Waals surface area (Å²) in [6.07, 6.45) is 4.90. The number of nitrogens with zero attached hydrogens (tertiary/aromatic N) is 2. The molecule has 2 rings (SSSR count). The molecule has 158 valence electrons. The minimum Gasteiger partial charge on any atom is -0.496 e. The maximum atomic E-state index is 12.7. The van der Waals surface area contributed by atoms with Crippen molar-refractivity contribution in [3.8, 4) is 5.75 Å². The van der Waals surface area contributed by atoms with Crippen molar-refractivity contribution in [2.75, 3.05) is 40.8 Å². The topological polar surface area (TPSA) is 66.0 Å². The smallest absolute Gasteiger partial charge is 0.230 e. The van der Waals surface area contributed by atoms with Crippen LogP contribution >= 0.6 is 24.0 Å². The van der Waals surface area contributed by atoms with Crippen molar-refractivity contribution >= 4 is 35.8 Å². The van der Waals surface area contributed by atoms with Crippen LogP contribution in [0.15, 0.2) is 29.3 Å². The molecule has 2 N–H and O–H groups in total. The average molecular weight is 502 g/mol. The molecular formula is C21H35IN4O2. The molecule has 0 radical (unpaired) electrons. The highest BCUT2D eigenvalue weighted by Crippen LogP contribution is 2.39. The number of rotatable bonds is 8. The number of carbonyl (C=O) groups is 1. The minimum atomic E-state index is -0.339. The molecule has 0 atom stereocenters. The number of amides is 1. The molecule has 0 aromatic heterocycles. The van der Waals surface area contributed by atoms with Gasteiger partial charge in [0, 0.05) is 27.2 Å². The highest BCUT2D eigenvalue weighted by molar-refractivity contribution is 14.0. The Morgan fingerprint density at radius 3 is 2.50 bits per heavy atom. The summed E-state index contributed by atoms with van der Waals surface area (Å²) in [5, 5.41) is 6.68. The molecule has 6 nitrogen and oxygen atoms in total. The highest BCUT2D eigenvalue weighted by atomic mass is 127. The number of carbonyl (C=O) groups excluding carboxylic acids is 1. The number of guanidine groups is 1. The van der Waals surface area contributed by atoms with E-state index in [-0.39, 0.29) is 35.3 Å². The van der Waals surface area contributed by atoms with Gasteiger partial charge in [-0.05, 0) is 37.8 Å². The van der Waals surface area contributed by atoms with Crippen molar-refractivity contribution in [3.05, 3.63) is 29.8 Å². The van der Waals surface area contributed by atoms with E-state index in [0.717, 1.165) is 56.9 Å². The van der Waals surface area contributed by atoms with E-state index in [2.05, 4.69) is 16.7 Å². The van der Waals surface area contributed by atoms with Crippen LogP contribution in [0.3, 0.4) is 0 Å². The number of methoxy groups -OCH3 is 1. The van der Waals surface area contributed by atoms with Crippen molar-refractivity contribution in [3.63, 3.8) is 0 Å². The first kappa shape index (κ1) is 24.5. The van der Waals surface area contributed by atoms with Crippen LogP contribution in [0.5, 0.6) is 5.75 Å². The van der Waals surface area contributed by atoms with Gasteiger partial charge >= 0.3 is 0 Å². The first-order valence-electron chi connectivity index (χ1n) is 9.88. The second-order valence-electron chi connectivity index (χ2n) is 7.37. The lowest BCUT2D eigenvalue weighted by Gasteiger charge is -2.29. The van der Waals surface area contributed by atoms with E-state index in [9.17, 15) is 4.79 Å². The summed E-state index contributed by atoms with van der Waals surface area (Å²) in [7, 11) is 5.37. The van der Waals surface area contributed by atoms with Gasteiger partial charge in [0.1, 0.15) is 5.75 Å². The molecule has 0 aliphatic heterocycles. The van der Waals surface area contributed by atoms with Crippen molar-refractivity contribution in [1.29, 1.82) is 0 Å². The van der Waals surface area contributed by atoms with Crippen LogP contribution in [0.4, 0.5) is 0 Å².